The largest absolute Gasteiger partial charge is 0.444 e. The quantitative estimate of drug-likeness (QED) is 0.678. The summed E-state index contributed by atoms with van der Waals surface area (Å²) in [6.07, 6.45) is 1.40. The third kappa shape index (κ3) is 8.21. The summed E-state index contributed by atoms with van der Waals surface area (Å²) in [4.78, 5) is 25.2. The molecule has 1 aromatic carbocycles. The van der Waals surface area contributed by atoms with Crippen LogP contribution in [0.2, 0.25) is 0 Å². The highest BCUT2D eigenvalue weighted by Crippen LogP contribution is 2.15. The van der Waals surface area contributed by atoms with E-state index in [2.05, 4.69) is 40.7 Å². The van der Waals surface area contributed by atoms with Crippen LogP contribution >= 0.6 is 0 Å². The maximum absolute atomic E-state index is 11.1. The number of alkyl carbamates (subject to hydrolysis) is 1. The van der Waals surface area contributed by atoms with Crippen LogP contribution in [0.3, 0.4) is 0 Å². The van der Waals surface area contributed by atoms with Gasteiger partial charge >= 0.3 is 6.09 Å². The van der Waals surface area contributed by atoms with Gasteiger partial charge in [-0.3, -0.25) is 4.79 Å². The minimum absolute atomic E-state index is 0.127. The Hall–Kier alpha value is -2.54. The van der Waals surface area contributed by atoms with Crippen molar-refractivity contribution in [1.29, 1.82) is 0 Å². The van der Waals surface area contributed by atoms with Crippen molar-refractivity contribution in [1.82, 2.24) is 15.6 Å². The van der Waals surface area contributed by atoms with Crippen molar-refractivity contribution in [3.8, 4) is 0 Å². The van der Waals surface area contributed by atoms with Crippen molar-refractivity contribution in [2.24, 2.45) is 0 Å². The fraction of sp³-hybridized carbons (Fsp3) is 0.444. The number of nitrogens with one attached hydrogen (secondary N) is 3. The number of aromatic nitrogens is 1. The lowest BCUT2D eigenvalue weighted by Gasteiger charge is -2.19. The Morgan fingerprint density at radius 3 is 2.48 bits per heavy atom. The Morgan fingerprint density at radius 1 is 1.20 bits per heavy atom. The molecule has 0 unspecified atom stereocenters. The van der Waals surface area contributed by atoms with Gasteiger partial charge in [0, 0.05) is 23.6 Å². The van der Waals surface area contributed by atoms with Gasteiger partial charge in [0.2, 0.25) is 5.91 Å². The Balaban J connectivity index is 0.000000267. The van der Waals surface area contributed by atoms with Crippen molar-refractivity contribution >= 4 is 22.9 Å². The topological polar surface area (TPSA) is 103 Å². The highest BCUT2D eigenvalue weighted by molar-refractivity contribution is 5.83. The highest BCUT2D eigenvalue weighted by Gasteiger charge is 2.16. The molecule has 0 fully saturated rings. The minimum atomic E-state index is -0.637. The summed E-state index contributed by atoms with van der Waals surface area (Å²) < 4.78 is 4.91. The van der Waals surface area contributed by atoms with Crippen molar-refractivity contribution in [2.75, 3.05) is 19.7 Å². The summed E-state index contributed by atoms with van der Waals surface area (Å²) in [5, 5.41) is 14.4. The van der Waals surface area contributed by atoms with E-state index in [0.717, 1.165) is 0 Å². The maximum Gasteiger partial charge on any atom is 0.408 e. The minimum Gasteiger partial charge on any atom is -0.444 e. The Morgan fingerprint density at radius 2 is 1.88 bits per heavy atom. The molecular formula is C18H27N3O4. The Kier molecular flexibility index (Phi) is 7.94. The number of rotatable bonds is 4. The third-order valence-electron chi connectivity index (χ3n) is 3.02. The zero-order chi connectivity index (χ0) is 18.9. The number of carbonyl (C=O) groups excluding carboxylic acids is 2. The zero-order valence-electron chi connectivity index (χ0n) is 15.2. The normalized spacial score (nSPS) is 10.6. The molecule has 1 heterocycles. The molecule has 4 N–H and O–H groups in total. The van der Waals surface area contributed by atoms with Crippen LogP contribution in [0, 0.1) is 6.92 Å². The summed E-state index contributed by atoms with van der Waals surface area (Å²) in [6, 6.07) is 8.31. The Bertz CT molecular complexity index is 689. The van der Waals surface area contributed by atoms with Crippen LogP contribution in [-0.2, 0) is 9.53 Å². The van der Waals surface area contributed by atoms with Gasteiger partial charge in [-0.1, -0.05) is 18.2 Å². The summed E-state index contributed by atoms with van der Waals surface area (Å²) in [7, 11) is 0. The molecule has 0 aliphatic rings. The number of aliphatic hydroxyl groups excluding tert-OH is 1. The van der Waals surface area contributed by atoms with Gasteiger partial charge in [0.05, 0.1) is 13.2 Å². The van der Waals surface area contributed by atoms with Gasteiger partial charge in [0.25, 0.3) is 0 Å². The van der Waals surface area contributed by atoms with Crippen LogP contribution in [0.1, 0.15) is 26.3 Å². The number of benzene rings is 1. The monoisotopic (exact) mass is 349 g/mol. The lowest BCUT2D eigenvalue weighted by molar-refractivity contribution is -0.120. The average Bonchev–Trinajstić information content (AvgIpc) is 2.92. The lowest BCUT2D eigenvalue weighted by Crippen LogP contribution is -2.40. The number of amides is 2. The number of aromatic amines is 1. The molecule has 7 heteroatoms. The first-order valence-corrected chi connectivity index (χ1v) is 8.10. The molecule has 25 heavy (non-hydrogen) atoms. The summed E-state index contributed by atoms with van der Waals surface area (Å²) in [6.45, 7) is 7.20. The second-order valence-corrected chi connectivity index (χ2v) is 6.45. The number of fused-ring (bicyclic) bond motifs is 1. The van der Waals surface area contributed by atoms with Crippen molar-refractivity contribution < 1.29 is 19.4 Å². The van der Waals surface area contributed by atoms with Crippen LogP contribution < -0.4 is 10.6 Å². The van der Waals surface area contributed by atoms with Gasteiger partial charge < -0.3 is 25.5 Å². The zero-order valence-corrected chi connectivity index (χ0v) is 15.2. The molecule has 1 aromatic heterocycles. The molecule has 2 amide bonds. The van der Waals surface area contributed by atoms with Gasteiger partial charge in [-0.05, 0) is 39.3 Å². The van der Waals surface area contributed by atoms with Gasteiger partial charge in [-0.15, -0.1) is 0 Å². The van der Waals surface area contributed by atoms with Crippen molar-refractivity contribution in [3.63, 3.8) is 0 Å². The lowest BCUT2D eigenvalue weighted by atomic mass is 10.2. The number of ether oxygens (including phenoxy) is 1. The number of carbonyl (C=O) groups is 2. The summed E-state index contributed by atoms with van der Waals surface area (Å²) in [5.74, 6) is -0.366. The molecule has 138 valence electrons. The van der Waals surface area contributed by atoms with E-state index >= 15 is 0 Å². The standard InChI is InChI=1S/C9H18N2O4.C9H9N/c1-9(2,3)15-8(14)11-6-7(13)10-4-5-12;1-7-6-10-9-5-3-2-4-8(7)9/h12H,4-6H2,1-3H3,(H,10,13)(H,11,14);2-6,10H,1H3. The van der Waals surface area contributed by atoms with E-state index in [-0.39, 0.29) is 25.6 Å². The number of para-hydroxylation sites is 1. The van der Waals surface area contributed by atoms with Gasteiger partial charge in [0.15, 0.2) is 0 Å². The van der Waals surface area contributed by atoms with E-state index in [0.29, 0.717) is 0 Å². The molecule has 2 aromatic rings. The fourth-order valence-corrected chi connectivity index (χ4v) is 1.94. The second kappa shape index (κ2) is 9.68. The van der Waals surface area contributed by atoms with Crippen LogP contribution in [-0.4, -0.2) is 47.4 Å². The highest BCUT2D eigenvalue weighted by atomic mass is 16.6. The first kappa shape index (κ1) is 20.5. The van der Waals surface area contributed by atoms with Crippen LogP contribution in [0.5, 0.6) is 0 Å². The number of aryl methyl sites for hydroxylation is 1. The predicted molar refractivity (Wildman–Crippen MR) is 97.4 cm³/mol. The maximum atomic E-state index is 11.1. The number of hydrogen-bond donors (Lipinski definition) is 4. The van der Waals surface area contributed by atoms with E-state index in [1.54, 1.807) is 20.8 Å². The van der Waals surface area contributed by atoms with E-state index in [9.17, 15) is 9.59 Å². The molecule has 7 nitrogen and oxygen atoms in total. The SMILES string of the molecule is CC(C)(C)OC(=O)NCC(=O)NCCO.Cc1c[nH]c2ccccc12. The summed E-state index contributed by atoms with van der Waals surface area (Å²) >= 11 is 0. The number of aliphatic hydroxyl groups is 1. The van der Waals surface area contributed by atoms with E-state index in [1.165, 1.54) is 16.5 Å². The molecule has 2 rings (SSSR count). The van der Waals surface area contributed by atoms with E-state index in [1.807, 2.05) is 12.3 Å². The van der Waals surface area contributed by atoms with Crippen LogP contribution in [0.15, 0.2) is 30.5 Å². The third-order valence-corrected chi connectivity index (χ3v) is 3.02. The van der Waals surface area contributed by atoms with Gasteiger partial charge in [-0.2, -0.15) is 0 Å². The van der Waals surface area contributed by atoms with Gasteiger partial charge in [0.1, 0.15) is 5.60 Å². The molecule has 0 radical (unpaired) electrons. The first-order valence-electron chi connectivity index (χ1n) is 8.10. The molecule has 0 spiro atoms. The van der Waals surface area contributed by atoms with E-state index < -0.39 is 11.7 Å². The van der Waals surface area contributed by atoms with Crippen molar-refractivity contribution in [3.05, 3.63) is 36.0 Å². The summed E-state index contributed by atoms with van der Waals surface area (Å²) in [5.41, 5.74) is 1.96. The molecule has 0 atom stereocenters. The number of H-pyrrole nitrogens is 1. The molecule has 0 aliphatic heterocycles. The molecule has 0 aliphatic carbocycles. The molecule has 0 bridgehead atoms. The number of hydrogen-bond acceptors (Lipinski definition) is 4. The van der Waals surface area contributed by atoms with Crippen LogP contribution in [0.25, 0.3) is 10.9 Å². The average molecular weight is 349 g/mol. The smallest absolute Gasteiger partial charge is 0.408 e. The molecule has 0 saturated heterocycles. The predicted octanol–water partition coefficient (Wildman–Crippen LogP) is 2.10. The van der Waals surface area contributed by atoms with Crippen molar-refractivity contribution in [2.45, 2.75) is 33.3 Å². The van der Waals surface area contributed by atoms with Crippen LogP contribution in [0.4, 0.5) is 4.79 Å². The second-order valence-electron chi connectivity index (χ2n) is 6.45. The fourth-order valence-electron chi connectivity index (χ4n) is 1.94. The van der Waals surface area contributed by atoms with E-state index in [4.69, 9.17) is 9.84 Å². The van der Waals surface area contributed by atoms with Gasteiger partial charge in [-0.25, -0.2) is 4.79 Å². The Labute approximate surface area is 147 Å². The molecular weight excluding hydrogens is 322 g/mol. The first-order chi connectivity index (χ1) is 11.7. The molecule has 0 saturated carbocycles.